The Morgan fingerprint density at radius 3 is 2.83 bits per heavy atom. The van der Waals surface area contributed by atoms with Gasteiger partial charge in [-0.25, -0.2) is 0 Å². The van der Waals surface area contributed by atoms with Crippen molar-refractivity contribution >= 4 is 28.7 Å². The normalized spacial score (nSPS) is 20.7. The number of piperazine rings is 1. The van der Waals surface area contributed by atoms with Crippen molar-refractivity contribution in [2.75, 3.05) is 26.5 Å². The van der Waals surface area contributed by atoms with E-state index in [1.165, 1.54) is 4.90 Å². The number of nitrogens with one attached hydrogen (secondary N) is 1. The molecule has 2 atom stereocenters. The summed E-state index contributed by atoms with van der Waals surface area (Å²) < 4.78 is 16.1. The van der Waals surface area contributed by atoms with E-state index in [1.54, 1.807) is 11.8 Å². The zero-order valence-electron chi connectivity index (χ0n) is 19.3. The maximum atomic E-state index is 13.6. The fourth-order valence-corrected chi connectivity index (χ4v) is 5.40. The molecule has 3 aromatic rings. The Kier molecular flexibility index (Phi) is 5.12. The van der Waals surface area contributed by atoms with E-state index in [1.807, 2.05) is 42.5 Å². The van der Waals surface area contributed by atoms with Crippen molar-refractivity contribution < 1.29 is 28.6 Å². The zero-order chi connectivity index (χ0) is 24.1. The van der Waals surface area contributed by atoms with Crippen molar-refractivity contribution in [1.82, 2.24) is 14.8 Å². The number of rotatable bonds is 5. The molecular formula is C26H25N3O6. The lowest BCUT2D eigenvalue weighted by molar-refractivity contribution is -0.159. The van der Waals surface area contributed by atoms with Crippen LogP contribution in [0.5, 0.6) is 11.5 Å². The van der Waals surface area contributed by atoms with Crippen LogP contribution in [-0.2, 0) is 25.5 Å². The number of carbonyl (C=O) groups is 3. The maximum absolute atomic E-state index is 13.6. The quantitative estimate of drug-likeness (QED) is 0.569. The molecule has 3 aliphatic rings. The molecule has 0 saturated carbocycles. The Morgan fingerprint density at radius 1 is 1.14 bits per heavy atom. The van der Waals surface area contributed by atoms with Crippen molar-refractivity contribution in [3.05, 3.63) is 59.3 Å². The van der Waals surface area contributed by atoms with Gasteiger partial charge in [0.1, 0.15) is 6.04 Å². The lowest BCUT2D eigenvalue weighted by Gasteiger charge is -2.47. The monoisotopic (exact) mass is 475 g/mol. The van der Waals surface area contributed by atoms with Crippen LogP contribution in [0.4, 0.5) is 0 Å². The number of hydrogen-bond acceptors (Lipinski definition) is 6. The van der Waals surface area contributed by atoms with E-state index >= 15 is 0 Å². The van der Waals surface area contributed by atoms with Crippen LogP contribution in [0.25, 0.3) is 10.9 Å². The van der Waals surface area contributed by atoms with Crippen LogP contribution in [0.2, 0.25) is 0 Å². The number of aromatic amines is 1. The summed E-state index contributed by atoms with van der Waals surface area (Å²) in [5.74, 6) is 0.579. The highest BCUT2D eigenvalue weighted by Crippen LogP contribution is 2.44. The molecule has 0 bridgehead atoms. The smallest absolute Gasteiger partial charge is 0.307 e. The van der Waals surface area contributed by atoms with Crippen molar-refractivity contribution in [3.8, 4) is 11.5 Å². The number of para-hydroxylation sites is 1. The van der Waals surface area contributed by atoms with Crippen LogP contribution in [0, 0.1) is 0 Å². The van der Waals surface area contributed by atoms with Crippen LogP contribution in [0.15, 0.2) is 42.5 Å². The summed E-state index contributed by atoms with van der Waals surface area (Å²) in [6, 6.07) is 12.5. The topological polar surface area (TPSA) is 101 Å². The van der Waals surface area contributed by atoms with Gasteiger partial charge in [-0.2, -0.15) is 0 Å². The molecule has 180 valence electrons. The first kappa shape index (κ1) is 21.5. The van der Waals surface area contributed by atoms with Gasteiger partial charge in [-0.05, 0) is 36.2 Å². The van der Waals surface area contributed by atoms with E-state index in [0.29, 0.717) is 17.9 Å². The molecular weight excluding hydrogens is 450 g/mol. The second-order valence-corrected chi connectivity index (χ2v) is 8.91. The maximum Gasteiger partial charge on any atom is 0.307 e. The molecule has 9 nitrogen and oxygen atoms in total. The number of benzene rings is 2. The molecule has 3 aliphatic heterocycles. The first-order valence-corrected chi connectivity index (χ1v) is 11.8. The third kappa shape index (κ3) is 3.50. The van der Waals surface area contributed by atoms with Gasteiger partial charge in [0.2, 0.25) is 18.6 Å². The molecule has 1 fully saturated rings. The molecule has 0 spiro atoms. The largest absolute Gasteiger partial charge is 0.466 e. The molecule has 0 radical (unpaired) electrons. The summed E-state index contributed by atoms with van der Waals surface area (Å²) in [5, 5.41) is 1.04. The molecule has 2 aromatic carbocycles. The van der Waals surface area contributed by atoms with Gasteiger partial charge in [0.15, 0.2) is 11.5 Å². The first-order chi connectivity index (χ1) is 17.0. The summed E-state index contributed by atoms with van der Waals surface area (Å²) in [5.41, 5.74) is 3.73. The van der Waals surface area contributed by atoms with Crippen LogP contribution in [-0.4, -0.2) is 65.1 Å². The van der Waals surface area contributed by atoms with Crippen LogP contribution in [0.1, 0.15) is 36.2 Å². The number of aromatic nitrogens is 1. The first-order valence-electron chi connectivity index (χ1n) is 11.8. The van der Waals surface area contributed by atoms with Crippen molar-refractivity contribution in [3.63, 3.8) is 0 Å². The van der Waals surface area contributed by atoms with Gasteiger partial charge in [-0.1, -0.05) is 24.3 Å². The molecule has 0 unspecified atom stereocenters. The highest BCUT2D eigenvalue weighted by molar-refractivity contribution is 5.97. The second-order valence-electron chi connectivity index (χ2n) is 8.91. The minimum atomic E-state index is -0.666. The average molecular weight is 476 g/mol. The van der Waals surface area contributed by atoms with Crippen LogP contribution in [0.3, 0.4) is 0 Å². The summed E-state index contributed by atoms with van der Waals surface area (Å²) in [4.78, 5) is 45.7. The Labute approximate surface area is 201 Å². The second kappa shape index (κ2) is 8.33. The Hall–Kier alpha value is -4.01. The van der Waals surface area contributed by atoms with Crippen LogP contribution >= 0.6 is 0 Å². The van der Waals surface area contributed by atoms with E-state index in [4.69, 9.17) is 14.2 Å². The number of carbonyl (C=O) groups excluding carboxylic acids is 3. The standard InChI is InChI=1S/C26H25N3O6/c1-2-33-23(31)9-10-28-13-22(30)29-19(26(28)32)12-17-16-5-3-4-6-18(16)27-24(17)25(29)15-7-8-20-21(11-15)35-14-34-20/h3-8,11,19,25,27H,2,9-10,12-14H2,1H3/t19-,25-/m1/s1. The molecule has 0 aliphatic carbocycles. The number of amides is 2. The van der Waals surface area contributed by atoms with E-state index in [0.717, 1.165) is 27.7 Å². The predicted octanol–water partition coefficient (Wildman–Crippen LogP) is 2.53. The fourth-order valence-electron chi connectivity index (χ4n) is 5.40. The molecule has 1 aromatic heterocycles. The van der Waals surface area contributed by atoms with E-state index in [2.05, 4.69) is 4.98 Å². The molecule has 6 rings (SSSR count). The zero-order valence-corrected chi connectivity index (χ0v) is 19.3. The number of esters is 1. The van der Waals surface area contributed by atoms with Crippen LogP contribution < -0.4 is 9.47 Å². The third-order valence-corrected chi connectivity index (χ3v) is 6.95. The lowest BCUT2D eigenvalue weighted by Crippen LogP contribution is -2.63. The number of hydrogen-bond donors (Lipinski definition) is 1. The van der Waals surface area contributed by atoms with E-state index in [9.17, 15) is 14.4 Å². The van der Waals surface area contributed by atoms with Gasteiger partial charge in [0.05, 0.1) is 25.6 Å². The third-order valence-electron chi connectivity index (χ3n) is 6.95. The Bertz CT molecular complexity index is 1350. The summed E-state index contributed by atoms with van der Waals surface area (Å²) in [6.07, 6.45) is 0.463. The number of H-pyrrole nitrogens is 1. The minimum Gasteiger partial charge on any atom is -0.466 e. The van der Waals surface area contributed by atoms with Gasteiger partial charge < -0.3 is 29.0 Å². The summed E-state index contributed by atoms with van der Waals surface area (Å²) in [7, 11) is 0. The van der Waals surface area contributed by atoms with Crippen molar-refractivity contribution in [1.29, 1.82) is 0 Å². The van der Waals surface area contributed by atoms with Crippen molar-refractivity contribution in [2.24, 2.45) is 0 Å². The van der Waals surface area contributed by atoms with E-state index in [-0.39, 0.29) is 50.7 Å². The average Bonchev–Trinajstić information content (AvgIpc) is 3.48. The Morgan fingerprint density at radius 2 is 1.97 bits per heavy atom. The molecule has 35 heavy (non-hydrogen) atoms. The van der Waals surface area contributed by atoms with Gasteiger partial charge in [-0.3, -0.25) is 14.4 Å². The molecule has 1 N–H and O–H groups in total. The molecule has 4 heterocycles. The van der Waals surface area contributed by atoms with Crippen molar-refractivity contribution in [2.45, 2.75) is 31.8 Å². The minimum absolute atomic E-state index is 0.0590. The molecule has 2 amide bonds. The number of nitrogens with zero attached hydrogens (tertiary/aromatic N) is 2. The van der Waals surface area contributed by atoms with Gasteiger partial charge in [-0.15, -0.1) is 0 Å². The SMILES string of the molecule is CCOC(=O)CCN1CC(=O)N2[C@H](c3ccc4c(c3)OCO4)c3[nH]c4ccccc4c3C[C@@H]2C1=O. The van der Waals surface area contributed by atoms with E-state index < -0.39 is 12.1 Å². The summed E-state index contributed by atoms with van der Waals surface area (Å²) in [6.45, 7) is 2.25. The summed E-state index contributed by atoms with van der Waals surface area (Å²) >= 11 is 0. The predicted molar refractivity (Wildman–Crippen MR) is 125 cm³/mol. The van der Waals surface area contributed by atoms with Gasteiger partial charge in [0.25, 0.3) is 0 Å². The lowest BCUT2D eigenvalue weighted by atomic mass is 9.86. The molecule has 9 heteroatoms. The fraction of sp³-hybridized carbons (Fsp3) is 0.346. The molecule has 1 saturated heterocycles. The van der Waals surface area contributed by atoms with Gasteiger partial charge >= 0.3 is 5.97 Å². The Balaban J connectivity index is 1.42. The highest BCUT2D eigenvalue weighted by atomic mass is 16.7. The highest BCUT2D eigenvalue weighted by Gasteiger charge is 2.48. The number of fused-ring (bicyclic) bond motifs is 5. The number of ether oxygens (including phenoxy) is 3. The van der Waals surface area contributed by atoms with Gasteiger partial charge in [0, 0.05) is 29.6 Å².